The molecule has 0 saturated carbocycles. The Bertz CT molecular complexity index is 613. The zero-order valence-corrected chi connectivity index (χ0v) is 14.3. The van der Waals surface area contributed by atoms with Crippen LogP contribution in [0.15, 0.2) is 24.3 Å². The van der Waals surface area contributed by atoms with Gasteiger partial charge in [0.05, 0.1) is 18.2 Å². The number of hydrogen-bond acceptors (Lipinski definition) is 4. The fourth-order valence-corrected chi connectivity index (χ4v) is 3.50. The molecule has 2 fully saturated rings. The smallest absolute Gasteiger partial charge is 0.228 e. The highest BCUT2D eigenvalue weighted by atomic mass is 16.5. The number of benzene rings is 1. The molecule has 6 heteroatoms. The van der Waals surface area contributed by atoms with Crippen LogP contribution < -0.4 is 15.0 Å². The minimum absolute atomic E-state index is 0.0153. The van der Waals surface area contributed by atoms with Gasteiger partial charge in [-0.25, -0.2) is 0 Å². The molecule has 2 aliphatic rings. The van der Waals surface area contributed by atoms with E-state index in [4.69, 9.17) is 4.74 Å². The quantitative estimate of drug-likeness (QED) is 0.882. The third-order valence-electron chi connectivity index (χ3n) is 4.86. The van der Waals surface area contributed by atoms with Gasteiger partial charge in [0.2, 0.25) is 11.8 Å². The lowest BCUT2D eigenvalue weighted by Crippen LogP contribution is -2.42. The molecule has 2 atom stereocenters. The molecule has 1 N–H and O–H groups in total. The number of nitrogens with one attached hydrogen (secondary N) is 1. The average molecular weight is 331 g/mol. The monoisotopic (exact) mass is 331 g/mol. The van der Waals surface area contributed by atoms with Crippen molar-refractivity contribution in [3.63, 3.8) is 0 Å². The molecule has 2 saturated heterocycles. The third kappa shape index (κ3) is 3.24. The molecule has 24 heavy (non-hydrogen) atoms. The van der Waals surface area contributed by atoms with Gasteiger partial charge < -0.3 is 19.9 Å². The van der Waals surface area contributed by atoms with Gasteiger partial charge in [-0.05, 0) is 32.0 Å². The van der Waals surface area contributed by atoms with E-state index in [1.807, 2.05) is 43.1 Å². The SMILES string of the molecule is CCOc1ccccc1N1CC(C(=O)N(C)C2CCNC2)CC1=O. The molecule has 0 spiro atoms. The Kier molecular flexibility index (Phi) is 5.04. The molecule has 0 bridgehead atoms. The number of ether oxygens (including phenoxy) is 1. The van der Waals surface area contributed by atoms with Gasteiger partial charge >= 0.3 is 0 Å². The summed E-state index contributed by atoms with van der Waals surface area (Å²) in [6.07, 6.45) is 1.24. The fraction of sp³-hybridized carbons (Fsp3) is 0.556. The topological polar surface area (TPSA) is 61.9 Å². The molecule has 0 aliphatic carbocycles. The van der Waals surface area contributed by atoms with Crippen LogP contribution in [-0.4, -0.2) is 56.0 Å². The summed E-state index contributed by atoms with van der Waals surface area (Å²) in [5, 5.41) is 3.28. The second-order valence-corrected chi connectivity index (χ2v) is 6.40. The van der Waals surface area contributed by atoms with E-state index in [1.54, 1.807) is 4.90 Å². The zero-order valence-electron chi connectivity index (χ0n) is 14.3. The number of nitrogens with zero attached hydrogens (tertiary/aromatic N) is 2. The van der Waals surface area contributed by atoms with E-state index >= 15 is 0 Å². The van der Waals surface area contributed by atoms with Gasteiger partial charge in [0.1, 0.15) is 5.75 Å². The van der Waals surface area contributed by atoms with E-state index in [0.717, 1.165) is 25.2 Å². The van der Waals surface area contributed by atoms with Gasteiger partial charge in [0.25, 0.3) is 0 Å². The van der Waals surface area contributed by atoms with Gasteiger partial charge in [-0.1, -0.05) is 12.1 Å². The highest BCUT2D eigenvalue weighted by molar-refractivity contribution is 6.01. The summed E-state index contributed by atoms with van der Waals surface area (Å²) >= 11 is 0. The molecule has 2 aliphatic heterocycles. The normalized spacial score (nSPS) is 23.6. The van der Waals surface area contributed by atoms with Gasteiger partial charge in [-0.2, -0.15) is 0 Å². The maximum atomic E-state index is 12.8. The second kappa shape index (κ2) is 7.21. The number of carbonyl (C=O) groups excluding carboxylic acids is 2. The Labute approximate surface area is 142 Å². The first-order valence-electron chi connectivity index (χ1n) is 8.61. The van der Waals surface area contributed by atoms with Crippen LogP contribution >= 0.6 is 0 Å². The van der Waals surface area contributed by atoms with Gasteiger partial charge in [-0.3, -0.25) is 9.59 Å². The first kappa shape index (κ1) is 16.8. The number of amides is 2. The largest absolute Gasteiger partial charge is 0.492 e. The Morgan fingerprint density at radius 2 is 2.21 bits per heavy atom. The van der Waals surface area contributed by atoms with Crippen molar-refractivity contribution in [3.05, 3.63) is 24.3 Å². The summed E-state index contributed by atoms with van der Waals surface area (Å²) in [7, 11) is 1.85. The summed E-state index contributed by atoms with van der Waals surface area (Å²) in [5.74, 6) is 0.458. The van der Waals surface area contributed by atoms with Crippen LogP contribution in [0.5, 0.6) is 5.75 Å². The lowest BCUT2D eigenvalue weighted by molar-refractivity contribution is -0.136. The van der Waals surface area contributed by atoms with E-state index in [9.17, 15) is 9.59 Å². The predicted octanol–water partition coefficient (Wildman–Crippen LogP) is 1.26. The molecule has 1 aromatic rings. The lowest BCUT2D eigenvalue weighted by Gasteiger charge is -2.26. The van der Waals surface area contributed by atoms with Crippen LogP contribution in [0.1, 0.15) is 19.8 Å². The molecule has 2 unspecified atom stereocenters. The standard InChI is InChI=1S/C18H25N3O3/c1-3-24-16-7-5-4-6-15(16)21-12-13(10-17(21)22)18(23)20(2)14-8-9-19-11-14/h4-7,13-14,19H,3,8-12H2,1-2H3. The van der Waals surface area contributed by atoms with Gasteiger partial charge in [0, 0.05) is 32.6 Å². The van der Waals surface area contributed by atoms with Crippen molar-refractivity contribution in [2.45, 2.75) is 25.8 Å². The molecule has 3 rings (SSSR count). The molecular formula is C18H25N3O3. The number of hydrogen-bond donors (Lipinski definition) is 1. The van der Waals surface area contributed by atoms with Crippen LogP contribution in [0.2, 0.25) is 0 Å². The number of carbonyl (C=O) groups is 2. The van der Waals surface area contributed by atoms with Crippen molar-refractivity contribution in [2.24, 2.45) is 5.92 Å². The summed E-state index contributed by atoms with van der Waals surface area (Å²) in [5.41, 5.74) is 0.754. The lowest BCUT2D eigenvalue weighted by atomic mass is 10.1. The molecule has 0 radical (unpaired) electrons. The minimum Gasteiger partial charge on any atom is -0.492 e. The molecule has 0 aromatic heterocycles. The molecule has 6 nitrogen and oxygen atoms in total. The van der Waals surface area contributed by atoms with Crippen molar-refractivity contribution in [1.82, 2.24) is 10.2 Å². The van der Waals surface area contributed by atoms with E-state index in [2.05, 4.69) is 5.32 Å². The van der Waals surface area contributed by atoms with E-state index in [0.29, 0.717) is 18.9 Å². The van der Waals surface area contributed by atoms with E-state index in [1.165, 1.54) is 0 Å². The van der Waals surface area contributed by atoms with Crippen molar-refractivity contribution in [2.75, 3.05) is 38.2 Å². The van der Waals surface area contributed by atoms with Gasteiger partial charge in [0.15, 0.2) is 0 Å². The van der Waals surface area contributed by atoms with Crippen LogP contribution in [-0.2, 0) is 9.59 Å². The average Bonchev–Trinajstić information content (AvgIpc) is 3.24. The molecule has 130 valence electrons. The van der Waals surface area contributed by atoms with Gasteiger partial charge in [-0.15, -0.1) is 0 Å². The first-order chi connectivity index (χ1) is 11.6. The van der Waals surface area contributed by atoms with Crippen molar-refractivity contribution < 1.29 is 14.3 Å². The number of para-hydroxylation sites is 2. The highest BCUT2D eigenvalue weighted by Gasteiger charge is 2.39. The van der Waals surface area contributed by atoms with Crippen molar-refractivity contribution in [3.8, 4) is 5.75 Å². The summed E-state index contributed by atoms with van der Waals surface area (Å²) < 4.78 is 5.62. The molecule has 2 heterocycles. The van der Waals surface area contributed by atoms with Crippen molar-refractivity contribution in [1.29, 1.82) is 0 Å². The summed E-state index contributed by atoms with van der Waals surface area (Å²) in [4.78, 5) is 28.7. The van der Waals surface area contributed by atoms with Crippen LogP contribution in [0.4, 0.5) is 5.69 Å². The molecule has 2 amide bonds. The highest BCUT2D eigenvalue weighted by Crippen LogP contribution is 2.33. The van der Waals surface area contributed by atoms with E-state index in [-0.39, 0.29) is 30.2 Å². The Morgan fingerprint density at radius 1 is 1.42 bits per heavy atom. The number of anilines is 1. The van der Waals surface area contributed by atoms with E-state index < -0.39 is 0 Å². The first-order valence-corrected chi connectivity index (χ1v) is 8.61. The Balaban J connectivity index is 1.72. The number of rotatable bonds is 5. The number of likely N-dealkylation sites (N-methyl/N-ethyl adjacent to an activating group) is 1. The van der Waals surface area contributed by atoms with Crippen molar-refractivity contribution >= 4 is 17.5 Å². The zero-order chi connectivity index (χ0) is 17.1. The minimum atomic E-state index is -0.280. The molecule has 1 aromatic carbocycles. The van der Waals surface area contributed by atoms with Crippen LogP contribution in [0.3, 0.4) is 0 Å². The summed E-state index contributed by atoms with van der Waals surface area (Å²) in [6, 6.07) is 7.74. The Hall–Kier alpha value is -2.08. The maximum Gasteiger partial charge on any atom is 0.228 e. The fourth-order valence-electron chi connectivity index (χ4n) is 3.50. The van der Waals surface area contributed by atoms with Crippen LogP contribution in [0, 0.1) is 5.92 Å². The predicted molar refractivity (Wildman–Crippen MR) is 92.1 cm³/mol. The molecular weight excluding hydrogens is 306 g/mol. The second-order valence-electron chi connectivity index (χ2n) is 6.40. The maximum absolute atomic E-state index is 12.8. The third-order valence-corrected chi connectivity index (χ3v) is 4.86. The Morgan fingerprint density at radius 3 is 2.92 bits per heavy atom. The summed E-state index contributed by atoms with van der Waals surface area (Å²) in [6.45, 7) is 4.66. The van der Waals surface area contributed by atoms with Crippen LogP contribution in [0.25, 0.3) is 0 Å².